The lowest BCUT2D eigenvalue weighted by atomic mass is 9.79. The molecule has 2 aliphatic heterocycles. The van der Waals surface area contributed by atoms with Gasteiger partial charge in [0.1, 0.15) is 6.10 Å². The number of ether oxygens (including phenoxy) is 5. The van der Waals surface area contributed by atoms with E-state index in [0.717, 1.165) is 11.1 Å². The molecule has 1 saturated heterocycles. The first-order valence-electron chi connectivity index (χ1n) is 12.9. The molecule has 10 heteroatoms. The number of phenolic OH excluding ortho intramolecular Hbond substituents is 2. The minimum Gasteiger partial charge on any atom is -0.504 e. The van der Waals surface area contributed by atoms with E-state index < -0.39 is 29.6 Å². The number of phenols is 2. The number of hydrogen-bond acceptors (Lipinski definition) is 10. The summed E-state index contributed by atoms with van der Waals surface area (Å²) in [4.78, 5) is 0. The molecule has 5 N–H and O–H groups in total. The fraction of sp³-hybridized carbons (Fsp3) is 0.400. The van der Waals surface area contributed by atoms with Crippen LogP contribution in [0.5, 0.6) is 34.5 Å². The molecule has 0 unspecified atom stereocenters. The molecular weight excluding hydrogens is 520 g/mol. The fourth-order valence-corrected chi connectivity index (χ4v) is 5.82. The highest BCUT2D eigenvalue weighted by Crippen LogP contribution is 2.52. The summed E-state index contributed by atoms with van der Waals surface area (Å²) in [5, 5.41) is 52.4. The van der Waals surface area contributed by atoms with Crippen molar-refractivity contribution in [3.05, 3.63) is 70.8 Å². The minimum absolute atomic E-state index is 0.00306. The van der Waals surface area contributed by atoms with E-state index in [4.69, 9.17) is 23.7 Å². The van der Waals surface area contributed by atoms with Gasteiger partial charge in [-0.15, -0.1) is 0 Å². The van der Waals surface area contributed by atoms with Crippen LogP contribution >= 0.6 is 0 Å². The number of fused-ring (bicyclic) bond motifs is 1. The third-order valence-electron chi connectivity index (χ3n) is 7.91. The van der Waals surface area contributed by atoms with Crippen molar-refractivity contribution in [2.75, 3.05) is 41.2 Å². The summed E-state index contributed by atoms with van der Waals surface area (Å²) < 4.78 is 28.4. The van der Waals surface area contributed by atoms with Crippen molar-refractivity contribution < 1.29 is 49.2 Å². The number of aliphatic hydroxyl groups excluding tert-OH is 2. The Labute approximate surface area is 231 Å². The van der Waals surface area contributed by atoms with E-state index in [9.17, 15) is 25.5 Å². The molecule has 0 bridgehead atoms. The predicted molar refractivity (Wildman–Crippen MR) is 143 cm³/mol. The lowest BCUT2D eigenvalue weighted by Crippen LogP contribution is -2.41. The number of rotatable bonds is 9. The first-order valence-corrected chi connectivity index (χ1v) is 12.9. The van der Waals surface area contributed by atoms with Gasteiger partial charge < -0.3 is 49.2 Å². The molecule has 10 nitrogen and oxygen atoms in total. The largest absolute Gasteiger partial charge is 0.504 e. The Morgan fingerprint density at radius 3 is 1.95 bits per heavy atom. The highest BCUT2D eigenvalue weighted by Gasteiger charge is 2.49. The Bertz CT molecular complexity index is 1370. The van der Waals surface area contributed by atoms with E-state index in [2.05, 4.69) is 0 Å². The molecule has 3 aromatic rings. The van der Waals surface area contributed by atoms with E-state index in [-0.39, 0.29) is 43.5 Å². The summed E-state index contributed by atoms with van der Waals surface area (Å²) in [5.41, 5.74) is 1.40. The molecule has 0 spiro atoms. The van der Waals surface area contributed by atoms with Crippen LogP contribution in [0, 0.1) is 5.92 Å². The molecule has 2 heterocycles. The maximum Gasteiger partial charge on any atom is 0.165 e. The van der Waals surface area contributed by atoms with Gasteiger partial charge in [-0.2, -0.15) is 0 Å². The van der Waals surface area contributed by atoms with E-state index in [1.54, 1.807) is 30.3 Å². The van der Waals surface area contributed by atoms with Crippen molar-refractivity contribution in [1.29, 1.82) is 0 Å². The highest BCUT2D eigenvalue weighted by atomic mass is 16.5. The first-order chi connectivity index (χ1) is 19.3. The highest BCUT2D eigenvalue weighted by molar-refractivity contribution is 5.56. The van der Waals surface area contributed by atoms with E-state index in [1.165, 1.54) is 33.5 Å². The Morgan fingerprint density at radius 1 is 0.800 bits per heavy atom. The zero-order valence-corrected chi connectivity index (χ0v) is 22.5. The maximum atomic E-state index is 11.7. The molecule has 0 saturated carbocycles. The van der Waals surface area contributed by atoms with Gasteiger partial charge in [0.2, 0.25) is 0 Å². The van der Waals surface area contributed by atoms with Crippen molar-refractivity contribution in [2.24, 2.45) is 5.92 Å². The molecular formula is C30H34O10. The summed E-state index contributed by atoms with van der Waals surface area (Å²) in [6, 6.07) is 13.4. The van der Waals surface area contributed by atoms with Crippen LogP contribution in [0.15, 0.2) is 48.5 Å². The van der Waals surface area contributed by atoms with Crippen LogP contribution in [0.4, 0.5) is 0 Å². The summed E-state index contributed by atoms with van der Waals surface area (Å²) in [6.45, 7) is -0.578. The average molecular weight is 555 g/mol. The van der Waals surface area contributed by atoms with Crippen molar-refractivity contribution in [3.63, 3.8) is 0 Å². The van der Waals surface area contributed by atoms with Gasteiger partial charge in [0, 0.05) is 17.9 Å². The smallest absolute Gasteiger partial charge is 0.165 e. The molecule has 40 heavy (non-hydrogen) atoms. The van der Waals surface area contributed by atoms with Crippen LogP contribution in [-0.4, -0.2) is 72.3 Å². The van der Waals surface area contributed by atoms with Crippen molar-refractivity contribution in [1.82, 2.24) is 0 Å². The Kier molecular flexibility index (Phi) is 7.70. The zero-order chi connectivity index (χ0) is 28.6. The minimum atomic E-state index is -1.41. The van der Waals surface area contributed by atoms with E-state index in [0.29, 0.717) is 28.4 Å². The normalized spacial score (nSPS) is 25.4. The van der Waals surface area contributed by atoms with Gasteiger partial charge in [-0.05, 0) is 47.0 Å². The topological polar surface area (TPSA) is 147 Å². The van der Waals surface area contributed by atoms with E-state index in [1.807, 2.05) is 6.07 Å². The number of benzene rings is 3. The quantitative estimate of drug-likeness (QED) is 0.267. The molecule has 214 valence electrons. The second-order valence-electron chi connectivity index (χ2n) is 10.2. The molecule has 0 radical (unpaired) electrons. The first kappa shape index (κ1) is 27.9. The van der Waals surface area contributed by atoms with Gasteiger partial charge in [-0.1, -0.05) is 18.2 Å². The third kappa shape index (κ3) is 4.77. The SMILES string of the molecule is COc1cc([C@H]2OC[C@@](O)(Cc3cc(OC)c4c(c3)[C@H](CO)[C@H](c3ccc(O)c(OC)c3)O4)[C@@H]2CO)ccc1O. The number of aliphatic hydroxyl groups is 3. The van der Waals surface area contributed by atoms with Gasteiger partial charge in [-0.3, -0.25) is 0 Å². The molecule has 5 rings (SSSR count). The van der Waals surface area contributed by atoms with Crippen molar-refractivity contribution in [2.45, 2.75) is 30.1 Å². The molecule has 1 fully saturated rings. The molecule has 0 amide bonds. The zero-order valence-electron chi connectivity index (χ0n) is 22.5. The molecule has 5 atom stereocenters. The Hall–Kier alpha value is -3.70. The van der Waals surface area contributed by atoms with E-state index >= 15 is 0 Å². The van der Waals surface area contributed by atoms with Gasteiger partial charge in [-0.25, -0.2) is 0 Å². The molecule has 3 aromatic carbocycles. The van der Waals surface area contributed by atoms with Crippen LogP contribution in [0.1, 0.15) is 40.4 Å². The Morgan fingerprint density at radius 2 is 1.40 bits per heavy atom. The number of methoxy groups -OCH3 is 3. The second-order valence-corrected chi connectivity index (χ2v) is 10.2. The molecule has 2 aliphatic rings. The van der Waals surface area contributed by atoms with Gasteiger partial charge in [0.15, 0.2) is 34.5 Å². The predicted octanol–water partition coefficient (Wildman–Crippen LogP) is 2.99. The van der Waals surface area contributed by atoms with Crippen LogP contribution in [-0.2, 0) is 11.2 Å². The maximum absolute atomic E-state index is 11.7. The monoisotopic (exact) mass is 554 g/mol. The van der Waals surface area contributed by atoms with Crippen LogP contribution in [0.2, 0.25) is 0 Å². The third-order valence-corrected chi connectivity index (χ3v) is 7.91. The number of aromatic hydroxyl groups is 2. The summed E-state index contributed by atoms with van der Waals surface area (Å²) in [6.07, 6.45) is -1.04. The van der Waals surface area contributed by atoms with Crippen molar-refractivity contribution >= 4 is 0 Å². The average Bonchev–Trinajstić information content (AvgIpc) is 3.50. The molecule has 0 aromatic heterocycles. The summed E-state index contributed by atoms with van der Waals surface area (Å²) in [7, 11) is 4.43. The molecule has 0 aliphatic carbocycles. The van der Waals surface area contributed by atoms with Gasteiger partial charge in [0.25, 0.3) is 0 Å². The lowest BCUT2D eigenvalue weighted by Gasteiger charge is -2.30. The summed E-state index contributed by atoms with van der Waals surface area (Å²) in [5.74, 6) is 0.369. The lowest BCUT2D eigenvalue weighted by molar-refractivity contribution is -0.0150. The van der Waals surface area contributed by atoms with Crippen LogP contribution in [0.3, 0.4) is 0 Å². The fourth-order valence-electron chi connectivity index (χ4n) is 5.82. The second kappa shape index (κ2) is 11.1. The van der Waals surface area contributed by atoms with Crippen LogP contribution < -0.4 is 18.9 Å². The van der Waals surface area contributed by atoms with Crippen LogP contribution in [0.25, 0.3) is 0 Å². The Balaban J connectivity index is 1.45. The number of hydrogen-bond donors (Lipinski definition) is 5. The summed E-state index contributed by atoms with van der Waals surface area (Å²) >= 11 is 0. The van der Waals surface area contributed by atoms with Crippen molar-refractivity contribution in [3.8, 4) is 34.5 Å². The van der Waals surface area contributed by atoms with Gasteiger partial charge >= 0.3 is 0 Å². The standard InChI is InChI=1S/C30H34O10/c1-36-24-10-17(4-6-22(24)33)27-20(13-31)19-8-16(9-26(38-3)29(19)40-27)12-30(35)15-39-28(21(30)14-32)18-5-7-23(34)25(11-18)37-2/h4-11,20-21,27-28,31-35H,12-15H2,1-3H3/t20-,21+,27-,28+,30-/m0/s1. The van der Waals surface area contributed by atoms with Gasteiger partial charge in [0.05, 0.1) is 58.8 Å².